The van der Waals surface area contributed by atoms with E-state index < -0.39 is 23.7 Å². The van der Waals surface area contributed by atoms with Gasteiger partial charge in [-0.25, -0.2) is 4.79 Å². The third-order valence-electron chi connectivity index (χ3n) is 8.30. The molecule has 2 aliphatic rings. The second-order valence-corrected chi connectivity index (χ2v) is 10.3. The SMILES string of the molecule is CCNC(=O)O[C@@H]1CC[C@]2(C)[C@H](CC[C@@H](O)[C@H]2CC(=O)NCc2ccc(OC)cc2)[C@]1(C)CO. The number of alkyl carbamates (subject to hydrolysis) is 1. The maximum atomic E-state index is 12.9. The molecule has 8 heteroatoms. The maximum absolute atomic E-state index is 12.9. The number of benzene rings is 1. The number of rotatable bonds is 8. The molecule has 0 aliphatic heterocycles. The Labute approximate surface area is 202 Å². The van der Waals surface area contributed by atoms with Crippen LogP contribution in [0.25, 0.3) is 0 Å². The fourth-order valence-corrected chi connectivity index (χ4v) is 6.31. The number of carbonyl (C=O) groups is 2. The number of methoxy groups -OCH3 is 1. The topological polar surface area (TPSA) is 117 Å². The molecular weight excluding hydrogens is 436 g/mol. The lowest BCUT2D eigenvalue weighted by Gasteiger charge is -2.60. The fraction of sp³-hybridized carbons (Fsp3) is 0.692. The lowest BCUT2D eigenvalue weighted by Crippen LogP contribution is -2.61. The highest BCUT2D eigenvalue weighted by atomic mass is 16.6. The summed E-state index contributed by atoms with van der Waals surface area (Å²) < 4.78 is 10.9. The lowest BCUT2D eigenvalue weighted by atomic mass is 9.46. The van der Waals surface area contributed by atoms with Gasteiger partial charge in [-0.3, -0.25) is 4.79 Å². The van der Waals surface area contributed by atoms with E-state index in [-0.39, 0.29) is 36.2 Å². The number of hydrogen-bond acceptors (Lipinski definition) is 6. The van der Waals surface area contributed by atoms with Crippen molar-refractivity contribution in [3.05, 3.63) is 29.8 Å². The summed E-state index contributed by atoms with van der Waals surface area (Å²) in [6, 6.07) is 7.53. The molecule has 190 valence electrons. The van der Waals surface area contributed by atoms with Crippen molar-refractivity contribution in [3.8, 4) is 5.75 Å². The summed E-state index contributed by atoms with van der Waals surface area (Å²) in [6.07, 6.45) is 1.31. The van der Waals surface area contributed by atoms with Crippen molar-refractivity contribution in [1.29, 1.82) is 0 Å². The van der Waals surface area contributed by atoms with Crippen LogP contribution < -0.4 is 15.4 Å². The lowest BCUT2D eigenvalue weighted by molar-refractivity contribution is -0.185. The highest BCUT2D eigenvalue weighted by Crippen LogP contribution is 2.61. The standard InChI is InChI=1S/C26H40N2O6/c1-5-27-24(32)34-22-12-13-25(2)19(20(30)10-11-21(25)26(22,3)16-29)14-23(31)28-15-17-6-8-18(33-4)9-7-17/h6-9,19-22,29-30H,5,10-16H2,1-4H3,(H,27,32)(H,28,31)/t19-,20-,21+,22-,25+,26+/m1/s1. The summed E-state index contributed by atoms with van der Waals surface area (Å²) in [7, 11) is 1.61. The second-order valence-electron chi connectivity index (χ2n) is 10.3. The van der Waals surface area contributed by atoms with Crippen LogP contribution in [0.15, 0.2) is 24.3 Å². The monoisotopic (exact) mass is 476 g/mol. The molecule has 0 bridgehead atoms. The zero-order valence-electron chi connectivity index (χ0n) is 20.8. The zero-order chi connectivity index (χ0) is 24.9. The summed E-state index contributed by atoms with van der Waals surface area (Å²) in [6.45, 7) is 6.68. The van der Waals surface area contributed by atoms with Crippen molar-refractivity contribution < 1.29 is 29.3 Å². The first kappa shape index (κ1) is 26.3. The summed E-state index contributed by atoms with van der Waals surface area (Å²) >= 11 is 0. The van der Waals surface area contributed by atoms with E-state index in [0.29, 0.717) is 38.8 Å². The number of nitrogens with one attached hydrogen (secondary N) is 2. The second kappa shape index (κ2) is 11.0. The Hall–Kier alpha value is -2.32. The van der Waals surface area contributed by atoms with Crippen molar-refractivity contribution >= 4 is 12.0 Å². The van der Waals surface area contributed by atoms with E-state index in [0.717, 1.165) is 11.3 Å². The van der Waals surface area contributed by atoms with E-state index in [1.54, 1.807) is 7.11 Å². The molecule has 2 aliphatic carbocycles. The Bertz CT molecular complexity index is 846. The van der Waals surface area contributed by atoms with E-state index in [1.807, 2.05) is 38.1 Å². The van der Waals surface area contributed by atoms with Gasteiger partial charge in [0.2, 0.25) is 5.91 Å². The average Bonchev–Trinajstić information content (AvgIpc) is 2.82. The highest BCUT2D eigenvalue weighted by Gasteiger charge is 2.60. The van der Waals surface area contributed by atoms with Gasteiger partial charge >= 0.3 is 6.09 Å². The van der Waals surface area contributed by atoms with Gasteiger partial charge in [0.05, 0.1) is 19.8 Å². The van der Waals surface area contributed by atoms with Gasteiger partial charge in [0, 0.05) is 24.9 Å². The number of amides is 2. The Morgan fingerprint density at radius 3 is 2.44 bits per heavy atom. The van der Waals surface area contributed by atoms with E-state index in [1.165, 1.54) is 0 Å². The van der Waals surface area contributed by atoms with Crippen LogP contribution in [0, 0.1) is 22.7 Å². The van der Waals surface area contributed by atoms with Crippen LogP contribution in [0.5, 0.6) is 5.75 Å². The summed E-state index contributed by atoms with van der Waals surface area (Å²) in [5, 5.41) is 27.0. The summed E-state index contributed by atoms with van der Waals surface area (Å²) in [4.78, 5) is 25.0. The molecule has 0 unspecified atom stereocenters. The van der Waals surface area contributed by atoms with Crippen LogP contribution in [-0.2, 0) is 16.1 Å². The van der Waals surface area contributed by atoms with Crippen LogP contribution >= 0.6 is 0 Å². The van der Waals surface area contributed by atoms with Gasteiger partial charge in [-0.1, -0.05) is 26.0 Å². The van der Waals surface area contributed by atoms with Crippen molar-refractivity contribution in [3.63, 3.8) is 0 Å². The van der Waals surface area contributed by atoms with Gasteiger partial charge in [0.15, 0.2) is 0 Å². The molecule has 1 aromatic rings. The molecular formula is C26H40N2O6. The van der Waals surface area contributed by atoms with Crippen LogP contribution in [0.4, 0.5) is 4.79 Å². The molecule has 0 aromatic heterocycles. The van der Waals surface area contributed by atoms with Crippen LogP contribution in [-0.4, -0.2) is 54.7 Å². The average molecular weight is 477 g/mol. The molecule has 0 saturated heterocycles. The van der Waals surface area contributed by atoms with Gasteiger partial charge in [-0.05, 0) is 67.6 Å². The van der Waals surface area contributed by atoms with Gasteiger partial charge in [-0.15, -0.1) is 0 Å². The molecule has 0 spiro atoms. The van der Waals surface area contributed by atoms with Crippen LogP contribution in [0.2, 0.25) is 0 Å². The highest BCUT2D eigenvalue weighted by molar-refractivity contribution is 5.76. The number of fused-ring (bicyclic) bond motifs is 1. The molecule has 4 N–H and O–H groups in total. The number of aliphatic hydroxyl groups excluding tert-OH is 2. The molecule has 34 heavy (non-hydrogen) atoms. The van der Waals surface area contributed by atoms with Crippen molar-refractivity contribution in [2.45, 2.75) is 71.6 Å². The molecule has 0 heterocycles. The van der Waals surface area contributed by atoms with E-state index in [4.69, 9.17) is 9.47 Å². The zero-order valence-corrected chi connectivity index (χ0v) is 20.8. The largest absolute Gasteiger partial charge is 0.497 e. The Morgan fingerprint density at radius 1 is 1.12 bits per heavy atom. The molecule has 1 aromatic carbocycles. The Kier molecular flexibility index (Phi) is 8.47. The van der Waals surface area contributed by atoms with E-state index >= 15 is 0 Å². The van der Waals surface area contributed by atoms with Gasteiger partial charge in [0.25, 0.3) is 0 Å². The first-order chi connectivity index (χ1) is 16.2. The quantitative estimate of drug-likeness (QED) is 0.458. The summed E-state index contributed by atoms with van der Waals surface area (Å²) in [5.41, 5.74) is -0.0256. The first-order valence-electron chi connectivity index (χ1n) is 12.3. The number of carbonyl (C=O) groups excluding carboxylic acids is 2. The van der Waals surface area contributed by atoms with Gasteiger partial charge < -0.3 is 30.3 Å². The summed E-state index contributed by atoms with van der Waals surface area (Å²) in [5.74, 6) is 0.436. The molecule has 0 radical (unpaired) electrons. The number of ether oxygens (including phenoxy) is 2. The predicted molar refractivity (Wildman–Crippen MR) is 128 cm³/mol. The molecule has 3 rings (SSSR count). The minimum absolute atomic E-state index is 0.0148. The van der Waals surface area contributed by atoms with Crippen LogP contribution in [0.1, 0.15) is 58.4 Å². The first-order valence-corrected chi connectivity index (χ1v) is 12.3. The third kappa shape index (κ3) is 5.33. The molecule has 2 amide bonds. The third-order valence-corrected chi connectivity index (χ3v) is 8.30. The fourth-order valence-electron chi connectivity index (χ4n) is 6.31. The number of hydrogen-bond donors (Lipinski definition) is 4. The van der Waals surface area contributed by atoms with Gasteiger partial charge in [0.1, 0.15) is 11.9 Å². The smallest absolute Gasteiger partial charge is 0.407 e. The number of aliphatic hydroxyl groups is 2. The molecule has 6 atom stereocenters. The van der Waals surface area contributed by atoms with E-state index in [9.17, 15) is 19.8 Å². The normalized spacial score (nSPS) is 32.9. The Balaban J connectivity index is 1.71. The maximum Gasteiger partial charge on any atom is 0.407 e. The van der Waals surface area contributed by atoms with Crippen molar-refractivity contribution in [2.24, 2.45) is 22.7 Å². The van der Waals surface area contributed by atoms with Crippen molar-refractivity contribution in [1.82, 2.24) is 10.6 Å². The molecule has 2 saturated carbocycles. The van der Waals surface area contributed by atoms with Gasteiger partial charge in [-0.2, -0.15) is 0 Å². The Morgan fingerprint density at radius 2 is 1.82 bits per heavy atom. The van der Waals surface area contributed by atoms with Crippen molar-refractivity contribution in [2.75, 3.05) is 20.3 Å². The van der Waals surface area contributed by atoms with Crippen LogP contribution in [0.3, 0.4) is 0 Å². The predicted octanol–water partition coefficient (Wildman–Crippen LogP) is 3.00. The minimum atomic E-state index is -0.643. The molecule has 8 nitrogen and oxygen atoms in total. The van der Waals surface area contributed by atoms with E-state index in [2.05, 4.69) is 17.6 Å². The molecule has 2 fully saturated rings. The minimum Gasteiger partial charge on any atom is -0.497 e.